The maximum Gasteiger partial charge on any atom is 0.305 e. The minimum absolute atomic E-state index is 0.276. The third kappa shape index (κ3) is 4.19. The first-order valence-electron chi connectivity index (χ1n) is 5.27. The lowest BCUT2D eigenvalue weighted by molar-refractivity contribution is -0.140. The van der Waals surface area contributed by atoms with Crippen molar-refractivity contribution in [2.24, 2.45) is 0 Å². The largest absolute Gasteiger partial charge is 0.495 e. The number of methoxy groups -OCH3 is 2. The van der Waals surface area contributed by atoms with Crippen molar-refractivity contribution in [2.45, 2.75) is 17.7 Å². The van der Waals surface area contributed by atoms with Crippen LogP contribution in [0, 0.1) is 0 Å². The Kier molecular flexibility index (Phi) is 5.69. The van der Waals surface area contributed by atoms with Gasteiger partial charge in [-0.1, -0.05) is 12.1 Å². The van der Waals surface area contributed by atoms with Crippen LogP contribution in [0.25, 0.3) is 0 Å². The Balaban J connectivity index is 2.55. The molecule has 0 saturated carbocycles. The molecule has 0 aromatic heterocycles. The van der Waals surface area contributed by atoms with Crippen LogP contribution >= 0.6 is 0 Å². The minimum Gasteiger partial charge on any atom is -0.495 e. The summed E-state index contributed by atoms with van der Waals surface area (Å²) in [6.07, 6.45) is 0.828. The summed E-state index contributed by atoms with van der Waals surface area (Å²) < 4.78 is 21.6. The average molecular weight is 256 g/mol. The van der Waals surface area contributed by atoms with E-state index in [0.29, 0.717) is 22.8 Å². The molecule has 0 heterocycles. The second-order valence-corrected chi connectivity index (χ2v) is 4.92. The number of carbonyl (C=O) groups is 1. The molecular weight excluding hydrogens is 240 g/mol. The van der Waals surface area contributed by atoms with Crippen LogP contribution in [0.5, 0.6) is 5.75 Å². The van der Waals surface area contributed by atoms with E-state index < -0.39 is 10.8 Å². The Morgan fingerprint density at radius 3 is 2.65 bits per heavy atom. The number of hydrogen-bond acceptors (Lipinski definition) is 4. The van der Waals surface area contributed by atoms with Crippen molar-refractivity contribution in [3.8, 4) is 5.75 Å². The summed E-state index contributed by atoms with van der Waals surface area (Å²) in [4.78, 5) is 11.6. The van der Waals surface area contributed by atoms with E-state index in [1.807, 2.05) is 12.1 Å². The smallest absolute Gasteiger partial charge is 0.305 e. The van der Waals surface area contributed by atoms with E-state index in [2.05, 4.69) is 4.74 Å². The first kappa shape index (κ1) is 13.7. The van der Waals surface area contributed by atoms with Crippen LogP contribution < -0.4 is 4.74 Å². The van der Waals surface area contributed by atoms with E-state index >= 15 is 0 Å². The van der Waals surface area contributed by atoms with Crippen molar-refractivity contribution in [1.29, 1.82) is 0 Å². The van der Waals surface area contributed by atoms with Crippen molar-refractivity contribution >= 4 is 16.8 Å². The molecule has 0 aliphatic heterocycles. The van der Waals surface area contributed by atoms with Gasteiger partial charge in [0.25, 0.3) is 0 Å². The predicted octanol–water partition coefficient (Wildman–Crippen LogP) is 1.76. The van der Waals surface area contributed by atoms with Crippen molar-refractivity contribution in [1.82, 2.24) is 0 Å². The van der Waals surface area contributed by atoms with Gasteiger partial charge in [-0.25, -0.2) is 0 Å². The highest BCUT2D eigenvalue weighted by Gasteiger charge is 2.10. The summed E-state index contributed by atoms with van der Waals surface area (Å²) in [6, 6.07) is 7.19. The fraction of sp³-hybridized carbons (Fsp3) is 0.417. The molecular formula is C12H16O4S. The lowest BCUT2D eigenvalue weighted by atomic mass is 10.3. The lowest BCUT2D eigenvalue weighted by Gasteiger charge is -2.07. The van der Waals surface area contributed by atoms with E-state index in [9.17, 15) is 9.00 Å². The second kappa shape index (κ2) is 7.06. The van der Waals surface area contributed by atoms with Crippen molar-refractivity contribution in [3.05, 3.63) is 24.3 Å². The zero-order valence-corrected chi connectivity index (χ0v) is 10.8. The molecule has 1 aromatic carbocycles. The van der Waals surface area contributed by atoms with Crippen molar-refractivity contribution in [2.75, 3.05) is 20.0 Å². The molecule has 1 unspecified atom stereocenters. The van der Waals surface area contributed by atoms with E-state index in [1.165, 1.54) is 7.11 Å². The predicted molar refractivity (Wildman–Crippen MR) is 65.5 cm³/mol. The number of para-hydroxylation sites is 1. The maximum atomic E-state index is 12.0. The SMILES string of the molecule is COC(=O)CCCS(=O)c1ccccc1OC. The molecule has 0 amide bonds. The molecule has 0 N–H and O–H groups in total. The summed E-state index contributed by atoms with van der Waals surface area (Å²) in [5.41, 5.74) is 0. The standard InChI is InChI=1S/C12H16O4S/c1-15-10-6-3-4-7-11(10)17(14)9-5-8-12(13)16-2/h3-4,6-7H,5,8-9H2,1-2H3. The fourth-order valence-electron chi connectivity index (χ4n) is 1.37. The summed E-state index contributed by atoms with van der Waals surface area (Å²) >= 11 is 0. The van der Waals surface area contributed by atoms with Crippen molar-refractivity contribution < 1.29 is 18.5 Å². The molecule has 17 heavy (non-hydrogen) atoms. The Bertz CT molecular complexity index is 403. The highest BCUT2D eigenvalue weighted by atomic mass is 32.2. The van der Waals surface area contributed by atoms with E-state index in [1.54, 1.807) is 19.2 Å². The molecule has 0 saturated heterocycles. The summed E-state index contributed by atoms with van der Waals surface area (Å²) in [7, 11) is 1.75. The van der Waals surface area contributed by atoms with Gasteiger partial charge >= 0.3 is 5.97 Å². The number of esters is 1. The molecule has 0 spiro atoms. The molecule has 1 atom stereocenters. The van der Waals surface area contributed by atoms with Crippen LogP contribution in [0.15, 0.2) is 29.2 Å². The first-order valence-corrected chi connectivity index (χ1v) is 6.59. The van der Waals surface area contributed by atoms with Crippen LogP contribution in [0.4, 0.5) is 0 Å². The number of ether oxygens (including phenoxy) is 2. The molecule has 1 rings (SSSR count). The quantitative estimate of drug-likeness (QED) is 0.728. The monoisotopic (exact) mass is 256 g/mol. The topological polar surface area (TPSA) is 52.6 Å². The fourth-order valence-corrected chi connectivity index (χ4v) is 2.60. The summed E-state index contributed by atoms with van der Waals surface area (Å²) in [5, 5.41) is 0. The van der Waals surface area contributed by atoms with Crippen LogP contribution in [0.1, 0.15) is 12.8 Å². The van der Waals surface area contributed by atoms with Crippen LogP contribution in [-0.2, 0) is 20.3 Å². The van der Waals surface area contributed by atoms with Gasteiger partial charge in [0.2, 0.25) is 0 Å². The van der Waals surface area contributed by atoms with Crippen molar-refractivity contribution in [3.63, 3.8) is 0 Å². The molecule has 4 nitrogen and oxygen atoms in total. The molecule has 0 aliphatic carbocycles. The molecule has 1 aromatic rings. The first-order chi connectivity index (χ1) is 8.19. The maximum absolute atomic E-state index is 12.0. The Hall–Kier alpha value is -1.36. The molecule has 94 valence electrons. The van der Waals surface area contributed by atoms with Gasteiger partial charge in [-0.3, -0.25) is 9.00 Å². The number of benzene rings is 1. The van der Waals surface area contributed by atoms with Crippen LogP contribution in [0.3, 0.4) is 0 Å². The second-order valence-electron chi connectivity index (χ2n) is 3.38. The lowest BCUT2D eigenvalue weighted by Crippen LogP contribution is -2.05. The minimum atomic E-state index is -1.15. The van der Waals surface area contributed by atoms with Gasteiger partial charge in [-0.2, -0.15) is 0 Å². The molecule has 5 heteroatoms. The van der Waals surface area contributed by atoms with E-state index in [0.717, 1.165) is 0 Å². The van der Waals surface area contributed by atoms with Gasteiger partial charge in [-0.15, -0.1) is 0 Å². The molecule has 0 aliphatic rings. The highest BCUT2D eigenvalue weighted by Crippen LogP contribution is 2.21. The van der Waals surface area contributed by atoms with Gasteiger partial charge in [0, 0.05) is 12.2 Å². The van der Waals surface area contributed by atoms with Gasteiger partial charge in [-0.05, 0) is 18.6 Å². The van der Waals surface area contributed by atoms with Gasteiger partial charge in [0.15, 0.2) is 0 Å². The zero-order valence-electron chi connectivity index (χ0n) is 9.97. The van der Waals surface area contributed by atoms with E-state index in [-0.39, 0.29) is 12.4 Å². The van der Waals surface area contributed by atoms with Gasteiger partial charge in [0.05, 0.1) is 29.9 Å². The molecule has 0 fully saturated rings. The van der Waals surface area contributed by atoms with Crippen LogP contribution in [-0.4, -0.2) is 30.2 Å². The van der Waals surface area contributed by atoms with Gasteiger partial charge < -0.3 is 9.47 Å². The van der Waals surface area contributed by atoms with Crippen LogP contribution in [0.2, 0.25) is 0 Å². The normalized spacial score (nSPS) is 11.9. The Morgan fingerprint density at radius 2 is 2.00 bits per heavy atom. The third-order valence-electron chi connectivity index (χ3n) is 2.25. The summed E-state index contributed by atoms with van der Waals surface area (Å²) in [5.74, 6) is 0.765. The molecule has 0 radical (unpaired) electrons. The average Bonchev–Trinajstić information content (AvgIpc) is 2.38. The zero-order chi connectivity index (χ0) is 12.7. The Labute approximate surface area is 103 Å². The molecule has 0 bridgehead atoms. The highest BCUT2D eigenvalue weighted by molar-refractivity contribution is 7.85. The number of carbonyl (C=O) groups excluding carboxylic acids is 1. The third-order valence-corrected chi connectivity index (χ3v) is 3.74. The van der Waals surface area contributed by atoms with Gasteiger partial charge in [0.1, 0.15) is 5.75 Å². The number of hydrogen-bond donors (Lipinski definition) is 0. The van der Waals surface area contributed by atoms with E-state index in [4.69, 9.17) is 4.74 Å². The summed E-state index contributed by atoms with van der Waals surface area (Å²) in [6.45, 7) is 0. The number of rotatable bonds is 6. The Morgan fingerprint density at radius 1 is 1.29 bits per heavy atom.